The number of nitrogens with zero attached hydrogens (tertiary/aromatic N) is 1. The quantitative estimate of drug-likeness (QED) is 0.805. The molecule has 0 aliphatic carbocycles. The monoisotopic (exact) mass is 253 g/mol. The summed E-state index contributed by atoms with van der Waals surface area (Å²) >= 11 is 0. The van der Waals surface area contributed by atoms with Crippen LogP contribution in [-0.4, -0.2) is 34.7 Å². The minimum absolute atomic E-state index is 0.113. The predicted octanol–water partition coefficient (Wildman–Crippen LogP) is 1.69. The molecular formula is C13H16FNO3. The zero-order chi connectivity index (χ0) is 13.5. The highest BCUT2D eigenvalue weighted by molar-refractivity contribution is 5.81. The van der Waals surface area contributed by atoms with Gasteiger partial charge in [0.05, 0.1) is 17.2 Å². The van der Waals surface area contributed by atoms with E-state index in [4.69, 9.17) is 0 Å². The number of hydrogen-bond acceptors (Lipinski definition) is 4. The molecule has 18 heavy (non-hydrogen) atoms. The summed E-state index contributed by atoms with van der Waals surface area (Å²) < 4.78 is 13.6. The van der Waals surface area contributed by atoms with Crippen molar-refractivity contribution < 1.29 is 19.4 Å². The molecule has 1 heterocycles. The summed E-state index contributed by atoms with van der Waals surface area (Å²) in [5.41, 5.74) is -0.749. The van der Waals surface area contributed by atoms with Gasteiger partial charge in [-0.25, -0.2) is 4.39 Å². The lowest BCUT2D eigenvalue weighted by molar-refractivity contribution is 0.0293. The first-order chi connectivity index (χ1) is 8.34. The first-order valence-electron chi connectivity index (χ1n) is 5.81. The van der Waals surface area contributed by atoms with Crippen molar-refractivity contribution in [2.75, 3.05) is 11.4 Å². The molecule has 1 saturated heterocycles. The van der Waals surface area contributed by atoms with Gasteiger partial charge in [0.25, 0.3) is 0 Å². The number of aldehydes is 1. The highest BCUT2D eigenvalue weighted by Crippen LogP contribution is 2.35. The van der Waals surface area contributed by atoms with E-state index < -0.39 is 11.4 Å². The molecule has 2 N–H and O–H groups in total. The smallest absolute Gasteiger partial charge is 0.156 e. The second-order valence-corrected chi connectivity index (χ2v) is 5.13. The van der Waals surface area contributed by atoms with Crippen LogP contribution in [0.15, 0.2) is 12.1 Å². The molecule has 1 atom stereocenters. The van der Waals surface area contributed by atoms with Crippen molar-refractivity contribution in [2.24, 2.45) is 0 Å². The van der Waals surface area contributed by atoms with Gasteiger partial charge in [0.15, 0.2) is 6.29 Å². The summed E-state index contributed by atoms with van der Waals surface area (Å²) in [5.74, 6) is -1.12. The molecule has 1 aromatic rings. The number of benzene rings is 1. The van der Waals surface area contributed by atoms with E-state index in [1.807, 2.05) is 4.90 Å². The maximum atomic E-state index is 13.6. The van der Waals surface area contributed by atoms with Crippen LogP contribution in [-0.2, 0) is 0 Å². The zero-order valence-electron chi connectivity index (χ0n) is 10.4. The van der Waals surface area contributed by atoms with Gasteiger partial charge < -0.3 is 15.1 Å². The first-order valence-corrected chi connectivity index (χ1v) is 5.81. The Morgan fingerprint density at radius 1 is 1.50 bits per heavy atom. The van der Waals surface area contributed by atoms with Gasteiger partial charge >= 0.3 is 0 Å². The molecule has 0 saturated carbocycles. The number of anilines is 1. The summed E-state index contributed by atoms with van der Waals surface area (Å²) in [6, 6.07) is 2.45. The molecule has 2 rings (SSSR count). The third kappa shape index (κ3) is 2.06. The SMILES string of the molecule is CC(C)(O)C1CCN1c1cc(O)c(C=O)c(F)c1. The average molecular weight is 253 g/mol. The number of carbonyl (C=O) groups is 1. The van der Waals surface area contributed by atoms with Crippen molar-refractivity contribution in [3.05, 3.63) is 23.5 Å². The van der Waals surface area contributed by atoms with Crippen molar-refractivity contribution in [2.45, 2.75) is 31.9 Å². The van der Waals surface area contributed by atoms with Gasteiger partial charge in [-0.2, -0.15) is 0 Å². The van der Waals surface area contributed by atoms with Gasteiger partial charge in [-0.15, -0.1) is 0 Å². The Labute approximate surface area is 105 Å². The third-order valence-electron chi connectivity index (χ3n) is 3.38. The fourth-order valence-corrected chi connectivity index (χ4v) is 2.30. The van der Waals surface area contributed by atoms with Crippen LogP contribution in [0.3, 0.4) is 0 Å². The maximum absolute atomic E-state index is 13.6. The molecule has 1 aliphatic rings. The van der Waals surface area contributed by atoms with E-state index in [1.54, 1.807) is 13.8 Å². The van der Waals surface area contributed by atoms with Gasteiger partial charge in [-0.1, -0.05) is 0 Å². The molecule has 1 unspecified atom stereocenters. The predicted molar refractivity (Wildman–Crippen MR) is 65.5 cm³/mol. The van der Waals surface area contributed by atoms with Crippen molar-refractivity contribution in [1.82, 2.24) is 0 Å². The minimum atomic E-state index is -0.895. The van der Waals surface area contributed by atoms with E-state index in [0.717, 1.165) is 6.42 Å². The Balaban J connectivity index is 2.33. The van der Waals surface area contributed by atoms with E-state index in [2.05, 4.69) is 0 Å². The molecule has 5 heteroatoms. The second kappa shape index (κ2) is 4.24. The van der Waals surface area contributed by atoms with Gasteiger partial charge in [0, 0.05) is 18.3 Å². The lowest BCUT2D eigenvalue weighted by Gasteiger charge is -2.48. The highest BCUT2D eigenvalue weighted by Gasteiger charge is 2.39. The van der Waals surface area contributed by atoms with Gasteiger partial charge in [0.1, 0.15) is 11.6 Å². The van der Waals surface area contributed by atoms with Gasteiger partial charge in [-0.3, -0.25) is 4.79 Å². The number of aromatic hydroxyl groups is 1. The molecule has 4 nitrogen and oxygen atoms in total. The van der Waals surface area contributed by atoms with E-state index in [0.29, 0.717) is 12.2 Å². The summed E-state index contributed by atoms with van der Waals surface area (Å²) in [5, 5.41) is 19.5. The minimum Gasteiger partial charge on any atom is -0.507 e. The largest absolute Gasteiger partial charge is 0.507 e. The Bertz CT molecular complexity index is 459. The summed E-state index contributed by atoms with van der Waals surface area (Å²) in [6.45, 7) is 4.08. The van der Waals surface area contributed by atoms with E-state index in [1.165, 1.54) is 12.1 Å². The summed E-state index contributed by atoms with van der Waals surface area (Å²) in [7, 11) is 0. The highest BCUT2D eigenvalue weighted by atomic mass is 19.1. The van der Waals surface area contributed by atoms with Crippen molar-refractivity contribution in [1.29, 1.82) is 0 Å². The van der Waals surface area contributed by atoms with Gasteiger partial charge in [-0.05, 0) is 26.3 Å². The van der Waals surface area contributed by atoms with E-state index in [-0.39, 0.29) is 23.6 Å². The van der Waals surface area contributed by atoms with Crippen LogP contribution in [0.25, 0.3) is 0 Å². The number of carbonyl (C=O) groups excluding carboxylic acids is 1. The zero-order valence-corrected chi connectivity index (χ0v) is 10.4. The Morgan fingerprint density at radius 2 is 2.17 bits per heavy atom. The molecule has 0 bridgehead atoms. The van der Waals surface area contributed by atoms with Crippen LogP contribution in [0.4, 0.5) is 10.1 Å². The topological polar surface area (TPSA) is 60.8 Å². The Hall–Kier alpha value is -1.62. The molecular weight excluding hydrogens is 237 g/mol. The standard InChI is InChI=1S/C13H16FNO3/c1-13(2,18)12-3-4-15(12)8-5-10(14)9(7-16)11(17)6-8/h5-7,12,17-18H,3-4H2,1-2H3. The van der Waals surface area contributed by atoms with Crippen molar-refractivity contribution >= 4 is 12.0 Å². The molecule has 0 radical (unpaired) electrons. The normalized spacial score (nSPS) is 19.6. The van der Waals surface area contributed by atoms with Crippen LogP contribution in [0.2, 0.25) is 0 Å². The number of halogens is 1. The van der Waals surface area contributed by atoms with Crippen LogP contribution in [0, 0.1) is 5.82 Å². The number of phenols is 1. The Kier molecular flexibility index (Phi) is 3.02. The van der Waals surface area contributed by atoms with E-state index >= 15 is 0 Å². The van der Waals surface area contributed by atoms with Crippen LogP contribution in [0.5, 0.6) is 5.75 Å². The lowest BCUT2D eigenvalue weighted by Crippen LogP contribution is -2.58. The first kappa shape index (κ1) is 12.8. The number of hydrogen-bond donors (Lipinski definition) is 2. The van der Waals surface area contributed by atoms with Crippen molar-refractivity contribution in [3.8, 4) is 5.75 Å². The number of rotatable bonds is 3. The summed E-state index contributed by atoms with van der Waals surface area (Å²) in [4.78, 5) is 12.4. The maximum Gasteiger partial charge on any atom is 0.156 e. The molecule has 0 amide bonds. The molecule has 1 fully saturated rings. The molecule has 1 aromatic carbocycles. The number of aliphatic hydroxyl groups is 1. The average Bonchev–Trinajstić information content (AvgIpc) is 2.12. The van der Waals surface area contributed by atoms with Crippen LogP contribution >= 0.6 is 0 Å². The molecule has 0 aromatic heterocycles. The number of phenolic OH excluding ortho intramolecular Hbond substituents is 1. The molecule has 1 aliphatic heterocycles. The molecule has 98 valence electrons. The van der Waals surface area contributed by atoms with Crippen LogP contribution in [0.1, 0.15) is 30.6 Å². The Morgan fingerprint density at radius 3 is 2.56 bits per heavy atom. The lowest BCUT2D eigenvalue weighted by atomic mass is 9.87. The van der Waals surface area contributed by atoms with Crippen LogP contribution < -0.4 is 4.90 Å². The summed E-state index contributed by atoms with van der Waals surface area (Å²) in [6.07, 6.45) is 1.10. The van der Waals surface area contributed by atoms with E-state index in [9.17, 15) is 19.4 Å². The van der Waals surface area contributed by atoms with Crippen molar-refractivity contribution in [3.63, 3.8) is 0 Å². The second-order valence-electron chi connectivity index (χ2n) is 5.13. The third-order valence-corrected chi connectivity index (χ3v) is 3.38. The fourth-order valence-electron chi connectivity index (χ4n) is 2.30. The fraction of sp³-hybridized carbons (Fsp3) is 0.462. The van der Waals surface area contributed by atoms with Gasteiger partial charge in [0.2, 0.25) is 0 Å². The molecule has 0 spiro atoms.